The lowest BCUT2D eigenvalue weighted by Crippen LogP contribution is -2.15. The van der Waals surface area contributed by atoms with Crippen molar-refractivity contribution in [3.63, 3.8) is 0 Å². The predicted octanol–water partition coefficient (Wildman–Crippen LogP) is 3.96. The standard InChI is InChI=1S/C10H16ClNS.ClH/c1-8(2)5-6-12-7-9-3-4-10(11)13-9;/h3-4,8,12H,5-7H2,1-2H3;1H. The van der Waals surface area contributed by atoms with Crippen molar-refractivity contribution in [2.45, 2.75) is 26.8 Å². The first-order valence-corrected chi connectivity index (χ1v) is 5.83. The average Bonchev–Trinajstić information content (AvgIpc) is 2.45. The summed E-state index contributed by atoms with van der Waals surface area (Å²) >= 11 is 7.46. The molecule has 0 spiro atoms. The third kappa shape index (κ3) is 5.86. The van der Waals surface area contributed by atoms with E-state index in [1.807, 2.05) is 6.07 Å². The molecule has 1 aromatic heterocycles. The van der Waals surface area contributed by atoms with Gasteiger partial charge in [-0.15, -0.1) is 23.7 Å². The minimum absolute atomic E-state index is 0. The van der Waals surface area contributed by atoms with Gasteiger partial charge >= 0.3 is 0 Å². The SMILES string of the molecule is CC(C)CCNCc1ccc(Cl)s1.Cl. The van der Waals surface area contributed by atoms with Gasteiger partial charge in [-0.2, -0.15) is 0 Å². The van der Waals surface area contributed by atoms with Crippen molar-refractivity contribution in [1.29, 1.82) is 0 Å². The summed E-state index contributed by atoms with van der Waals surface area (Å²) < 4.78 is 0.876. The van der Waals surface area contributed by atoms with Gasteiger partial charge in [0.05, 0.1) is 4.34 Å². The zero-order valence-corrected chi connectivity index (χ0v) is 10.9. The molecule has 82 valence electrons. The first kappa shape index (κ1) is 14.2. The summed E-state index contributed by atoms with van der Waals surface area (Å²) in [6, 6.07) is 4.03. The first-order valence-electron chi connectivity index (χ1n) is 4.63. The number of nitrogens with one attached hydrogen (secondary N) is 1. The van der Waals surface area contributed by atoms with Gasteiger partial charge in [-0.3, -0.25) is 0 Å². The number of hydrogen-bond donors (Lipinski definition) is 1. The van der Waals surface area contributed by atoms with E-state index in [0.717, 1.165) is 23.3 Å². The fourth-order valence-electron chi connectivity index (χ4n) is 1.05. The lowest BCUT2D eigenvalue weighted by molar-refractivity contribution is 0.539. The summed E-state index contributed by atoms with van der Waals surface area (Å²) in [6.45, 7) is 6.52. The summed E-state index contributed by atoms with van der Waals surface area (Å²) in [5, 5.41) is 3.40. The Hall–Kier alpha value is 0.240. The second kappa shape index (κ2) is 7.52. The van der Waals surface area contributed by atoms with Crippen molar-refractivity contribution in [3.05, 3.63) is 21.3 Å². The molecule has 0 aromatic carbocycles. The zero-order chi connectivity index (χ0) is 9.68. The van der Waals surface area contributed by atoms with Crippen LogP contribution in [0.3, 0.4) is 0 Å². The summed E-state index contributed by atoms with van der Waals surface area (Å²) in [7, 11) is 0. The summed E-state index contributed by atoms with van der Waals surface area (Å²) in [5.74, 6) is 0.777. The Labute approximate surface area is 101 Å². The predicted molar refractivity (Wildman–Crippen MR) is 67.7 cm³/mol. The Bertz CT molecular complexity index is 248. The van der Waals surface area contributed by atoms with Crippen LogP contribution in [0.5, 0.6) is 0 Å². The van der Waals surface area contributed by atoms with Crippen molar-refractivity contribution >= 4 is 35.3 Å². The summed E-state index contributed by atoms with van der Waals surface area (Å²) in [4.78, 5) is 1.31. The Morgan fingerprint density at radius 3 is 2.64 bits per heavy atom. The van der Waals surface area contributed by atoms with E-state index in [1.54, 1.807) is 11.3 Å². The first-order chi connectivity index (χ1) is 6.18. The molecule has 0 bridgehead atoms. The highest BCUT2D eigenvalue weighted by Crippen LogP contribution is 2.20. The van der Waals surface area contributed by atoms with Gasteiger partial charge in [-0.25, -0.2) is 0 Å². The van der Waals surface area contributed by atoms with Crippen LogP contribution in [-0.2, 0) is 6.54 Å². The molecule has 0 saturated carbocycles. The molecule has 0 radical (unpaired) electrons. The Balaban J connectivity index is 0.00000169. The highest BCUT2D eigenvalue weighted by molar-refractivity contribution is 7.16. The molecule has 0 aliphatic heterocycles. The number of halogens is 2. The van der Waals surface area contributed by atoms with Gasteiger partial charge in [0.2, 0.25) is 0 Å². The second-order valence-corrected chi connectivity index (χ2v) is 5.36. The van der Waals surface area contributed by atoms with E-state index < -0.39 is 0 Å². The van der Waals surface area contributed by atoms with E-state index in [2.05, 4.69) is 25.2 Å². The van der Waals surface area contributed by atoms with Gasteiger partial charge in [0, 0.05) is 11.4 Å². The van der Waals surface area contributed by atoms with E-state index >= 15 is 0 Å². The second-order valence-electron chi connectivity index (χ2n) is 3.57. The molecule has 0 aliphatic carbocycles. The smallest absolute Gasteiger partial charge is 0.0931 e. The van der Waals surface area contributed by atoms with Crippen LogP contribution in [0.2, 0.25) is 4.34 Å². The van der Waals surface area contributed by atoms with Crippen LogP contribution in [0.1, 0.15) is 25.1 Å². The molecule has 0 amide bonds. The van der Waals surface area contributed by atoms with Crippen molar-refractivity contribution in [1.82, 2.24) is 5.32 Å². The minimum atomic E-state index is 0. The molecule has 4 heteroatoms. The van der Waals surface area contributed by atoms with Crippen LogP contribution in [-0.4, -0.2) is 6.54 Å². The molecule has 14 heavy (non-hydrogen) atoms. The Morgan fingerprint density at radius 1 is 1.43 bits per heavy atom. The highest BCUT2D eigenvalue weighted by atomic mass is 35.5. The fraction of sp³-hybridized carbons (Fsp3) is 0.600. The highest BCUT2D eigenvalue weighted by Gasteiger charge is 1.97. The average molecular weight is 254 g/mol. The van der Waals surface area contributed by atoms with Crippen LogP contribution in [0.15, 0.2) is 12.1 Å². The van der Waals surface area contributed by atoms with Crippen molar-refractivity contribution in [2.75, 3.05) is 6.54 Å². The normalized spacial score (nSPS) is 10.3. The summed E-state index contributed by atoms with van der Waals surface area (Å²) in [5.41, 5.74) is 0. The minimum Gasteiger partial charge on any atom is -0.312 e. The maximum absolute atomic E-state index is 5.81. The molecular weight excluding hydrogens is 237 g/mol. The fourth-order valence-corrected chi connectivity index (χ4v) is 2.11. The number of hydrogen-bond acceptors (Lipinski definition) is 2. The maximum Gasteiger partial charge on any atom is 0.0931 e. The Kier molecular flexibility index (Phi) is 7.65. The molecule has 1 aromatic rings. The van der Waals surface area contributed by atoms with E-state index in [-0.39, 0.29) is 12.4 Å². The third-order valence-electron chi connectivity index (χ3n) is 1.83. The Morgan fingerprint density at radius 2 is 2.14 bits per heavy atom. The maximum atomic E-state index is 5.81. The molecule has 0 unspecified atom stereocenters. The molecule has 1 N–H and O–H groups in total. The molecule has 0 fully saturated rings. The van der Waals surface area contributed by atoms with E-state index in [0.29, 0.717) is 0 Å². The lowest BCUT2D eigenvalue weighted by atomic mass is 10.1. The van der Waals surface area contributed by atoms with Crippen LogP contribution < -0.4 is 5.32 Å². The molecular formula is C10H17Cl2NS. The van der Waals surface area contributed by atoms with Gasteiger partial charge in [-0.05, 0) is 31.0 Å². The van der Waals surface area contributed by atoms with E-state index in [4.69, 9.17) is 11.6 Å². The van der Waals surface area contributed by atoms with Gasteiger partial charge in [0.25, 0.3) is 0 Å². The quantitative estimate of drug-likeness (QED) is 0.784. The number of thiophene rings is 1. The molecule has 1 nitrogen and oxygen atoms in total. The molecule has 1 heterocycles. The largest absolute Gasteiger partial charge is 0.312 e. The van der Waals surface area contributed by atoms with E-state index in [1.165, 1.54) is 11.3 Å². The monoisotopic (exact) mass is 253 g/mol. The molecule has 1 rings (SSSR count). The van der Waals surface area contributed by atoms with E-state index in [9.17, 15) is 0 Å². The van der Waals surface area contributed by atoms with Gasteiger partial charge in [0.1, 0.15) is 0 Å². The third-order valence-corrected chi connectivity index (χ3v) is 3.06. The van der Waals surface area contributed by atoms with Crippen LogP contribution in [0.4, 0.5) is 0 Å². The molecule has 0 aliphatic rings. The van der Waals surface area contributed by atoms with Gasteiger partial charge < -0.3 is 5.32 Å². The molecule has 0 saturated heterocycles. The lowest BCUT2D eigenvalue weighted by Gasteiger charge is -2.04. The van der Waals surface area contributed by atoms with Gasteiger partial charge in [0.15, 0.2) is 0 Å². The molecule has 0 atom stereocenters. The van der Waals surface area contributed by atoms with Gasteiger partial charge in [-0.1, -0.05) is 25.4 Å². The zero-order valence-electron chi connectivity index (χ0n) is 8.55. The van der Waals surface area contributed by atoms with Crippen molar-refractivity contribution in [2.24, 2.45) is 5.92 Å². The van der Waals surface area contributed by atoms with Crippen LogP contribution in [0, 0.1) is 5.92 Å². The topological polar surface area (TPSA) is 12.0 Å². The summed E-state index contributed by atoms with van der Waals surface area (Å²) in [6.07, 6.45) is 1.24. The van der Waals surface area contributed by atoms with Crippen molar-refractivity contribution < 1.29 is 0 Å². The van der Waals surface area contributed by atoms with Crippen LogP contribution in [0.25, 0.3) is 0 Å². The van der Waals surface area contributed by atoms with Crippen molar-refractivity contribution in [3.8, 4) is 0 Å². The number of rotatable bonds is 5. The van der Waals surface area contributed by atoms with Crippen LogP contribution >= 0.6 is 35.3 Å².